The molecular formula is C21H29F6NO3Si. The molecule has 0 aliphatic carbocycles. The second-order valence-electron chi connectivity index (χ2n) is 9.53. The molecule has 4 nitrogen and oxygen atoms in total. The minimum absolute atomic E-state index is 0.00208. The van der Waals surface area contributed by atoms with E-state index in [1.165, 1.54) is 4.90 Å². The number of likely N-dealkylation sites (tertiary alicyclic amines) is 1. The van der Waals surface area contributed by atoms with Crippen molar-refractivity contribution in [3.63, 3.8) is 0 Å². The molecule has 1 fully saturated rings. The molecule has 11 heteroatoms. The largest absolute Gasteiger partial charge is 0.445 e. The quantitative estimate of drug-likeness (QED) is 0.346. The summed E-state index contributed by atoms with van der Waals surface area (Å²) in [5.41, 5.74) is -3.26. The molecule has 32 heavy (non-hydrogen) atoms. The van der Waals surface area contributed by atoms with E-state index < -0.39 is 44.5 Å². The second kappa shape index (κ2) is 9.24. The van der Waals surface area contributed by atoms with Crippen molar-refractivity contribution in [3.8, 4) is 0 Å². The van der Waals surface area contributed by atoms with Gasteiger partial charge in [-0.25, -0.2) is 4.79 Å². The van der Waals surface area contributed by atoms with Gasteiger partial charge in [0.05, 0.1) is 11.1 Å². The smallest absolute Gasteiger partial charge is 0.416 e. The van der Waals surface area contributed by atoms with Crippen LogP contribution < -0.4 is 0 Å². The lowest BCUT2D eigenvalue weighted by molar-refractivity contribution is -0.143. The number of carbonyl (C=O) groups excluding carboxylic acids is 1. The molecule has 0 aromatic heterocycles. The Balaban J connectivity index is 1.98. The molecule has 0 spiro atoms. The number of ether oxygens (including phenoxy) is 1. The maximum absolute atomic E-state index is 13.0. The predicted molar refractivity (Wildman–Crippen MR) is 110 cm³/mol. The zero-order chi connectivity index (χ0) is 24.5. The molecule has 0 saturated carbocycles. The Morgan fingerprint density at radius 2 is 1.44 bits per heavy atom. The highest BCUT2D eigenvalue weighted by molar-refractivity contribution is 6.74. The third kappa shape index (κ3) is 6.87. The first-order valence-corrected chi connectivity index (χ1v) is 13.2. The van der Waals surface area contributed by atoms with Gasteiger partial charge in [-0.05, 0) is 54.7 Å². The van der Waals surface area contributed by atoms with E-state index in [9.17, 15) is 31.1 Å². The van der Waals surface area contributed by atoms with E-state index >= 15 is 0 Å². The molecule has 0 atom stereocenters. The fourth-order valence-electron chi connectivity index (χ4n) is 3.09. The van der Waals surface area contributed by atoms with Crippen molar-refractivity contribution in [3.05, 3.63) is 34.9 Å². The third-order valence-corrected chi connectivity index (χ3v) is 10.5. The van der Waals surface area contributed by atoms with E-state index in [0.29, 0.717) is 38.1 Å². The number of hydrogen-bond donors (Lipinski definition) is 0. The van der Waals surface area contributed by atoms with Crippen LogP contribution in [0.4, 0.5) is 31.1 Å². The summed E-state index contributed by atoms with van der Waals surface area (Å²) < 4.78 is 89.1. The summed E-state index contributed by atoms with van der Waals surface area (Å²) in [7, 11) is -1.96. The van der Waals surface area contributed by atoms with Gasteiger partial charge in [-0.2, -0.15) is 26.3 Å². The topological polar surface area (TPSA) is 38.8 Å². The lowest BCUT2D eigenvalue weighted by Gasteiger charge is -2.41. The Morgan fingerprint density at radius 1 is 0.969 bits per heavy atom. The van der Waals surface area contributed by atoms with Gasteiger partial charge in [-0.1, -0.05) is 20.8 Å². The van der Waals surface area contributed by atoms with Crippen molar-refractivity contribution in [1.82, 2.24) is 4.90 Å². The van der Waals surface area contributed by atoms with E-state index in [-0.39, 0.29) is 22.8 Å². The van der Waals surface area contributed by atoms with E-state index in [0.717, 1.165) is 0 Å². The van der Waals surface area contributed by atoms with E-state index in [1.54, 1.807) is 0 Å². The Bertz CT molecular complexity index is 777. The minimum Gasteiger partial charge on any atom is -0.445 e. The van der Waals surface area contributed by atoms with Crippen LogP contribution in [0.1, 0.15) is 50.3 Å². The molecule has 1 aromatic rings. The number of rotatable bonds is 4. The number of alkyl halides is 6. The van der Waals surface area contributed by atoms with Gasteiger partial charge in [0.1, 0.15) is 6.61 Å². The Morgan fingerprint density at radius 3 is 1.84 bits per heavy atom. The number of benzene rings is 1. The average molecular weight is 486 g/mol. The number of halogens is 6. The molecule has 1 aliphatic rings. The summed E-state index contributed by atoms with van der Waals surface area (Å²) in [6.07, 6.45) is -9.51. The molecule has 0 bridgehead atoms. The van der Waals surface area contributed by atoms with Crippen LogP contribution in [0, 0.1) is 0 Å². The highest BCUT2D eigenvalue weighted by Gasteiger charge is 2.40. The standard InChI is InChI=1S/C21H29F6NO3Si/c1-19(2,3)32(4,5)31-17-6-8-28(9-7-17)18(29)30-13-14-10-15(20(22,23)24)12-16(11-14)21(25,26)27/h10-12,17H,6-9,13H2,1-5H3. The normalized spacial score (nSPS) is 16.9. The summed E-state index contributed by atoms with van der Waals surface area (Å²) in [6.45, 7) is 10.7. The molecule has 1 heterocycles. The summed E-state index contributed by atoms with van der Waals surface area (Å²) in [5, 5.41) is 0.0449. The minimum atomic E-state index is -4.95. The van der Waals surface area contributed by atoms with Crippen molar-refractivity contribution in [2.75, 3.05) is 13.1 Å². The number of hydrogen-bond acceptors (Lipinski definition) is 3. The lowest BCUT2D eigenvalue weighted by Crippen LogP contribution is -2.48. The Hall–Kier alpha value is -1.75. The van der Waals surface area contributed by atoms with Crippen molar-refractivity contribution in [2.24, 2.45) is 0 Å². The number of amides is 1. The van der Waals surface area contributed by atoms with Gasteiger partial charge in [0, 0.05) is 19.2 Å². The lowest BCUT2D eigenvalue weighted by atomic mass is 10.1. The van der Waals surface area contributed by atoms with Gasteiger partial charge < -0.3 is 14.1 Å². The van der Waals surface area contributed by atoms with Crippen molar-refractivity contribution in [1.29, 1.82) is 0 Å². The maximum Gasteiger partial charge on any atom is 0.416 e. The first kappa shape index (κ1) is 26.5. The molecule has 182 valence electrons. The number of piperidine rings is 1. The number of carbonyl (C=O) groups is 1. The Labute approximate surface area is 185 Å². The van der Waals surface area contributed by atoms with Crippen LogP contribution in [-0.2, 0) is 28.1 Å². The summed E-state index contributed by atoms with van der Waals surface area (Å²) in [4.78, 5) is 13.7. The van der Waals surface area contributed by atoms with Crippen molar-refractivity contribution >= 4 is 14.4 Å². The zero-order valence-electron chi connectivity index (χ0n) is 18.8. The average Bonchev–Trinajstić information content (AvgIpc) is 2.64. The van der Waals surface area contributed by atoms with E-state index in [2.05, 4.69) is 33.9 Å². The molecule has 0 radical (unpaired) electrons. The van der Waals surface area contributed by atoms with Crippen LogP contribution >= 0.6 is 0 Å². The summed E-state index contributed by atoms with van der Waals surface area (Å²) >= 11 is 0. The molecule has 1 amide bonds. The van der Waals surface area contributed by atoms with Gasteiger partial charge in [0.15, 0.2) is 8.32 Å². The molecular weight excluding hydrogens is 456 g/mol. The predicted octanol–water partition coefficient (Wildman–Crippen LogP) is 6.85. The number of nitrogens with zero attached hydrogens (tertiary/aromatic N) is 1. The van der Waals surface area contributed by atoms with Gasteiger partial charge in [-0.3, -0.25) is 0 Å². The molecule has 0 N–H and O–H groups in total. The van der Waals surface area contributed by atoms with Gasteiger partial charge >= 0.3 is 18.4 Å². The van der Waals surface area contributed by atoms with Crippen molar-refractivity contribution < 1.29 is 40.3 Å². The fourth-order valence-corrected chi connectivity index (χ4v) is 4.51. The van der Waals surface area contributed by atoms with Crippen LogP contribution in [0.15, 0.2) is 18.2 Å². The van der Waals surface area contributed by atoms with Crippen LogP contribution in [0.2, 0.25) is 18.1 Å². The van der Waals surface area contributed by atoms with E-state index in [1.807, 2.05) is 0 Å². The van der Waals surface area contributed by atoms with Crippen LogP contribution in [-0.4, -0.2) is 38.5 Å². The highest BCUT2D eigenvalue weighted by Crippen LogP contribution is 2.39. The van der Waals surface area contributed by atoms with Crippen LogP contribution in [0.5, 0.6) is 0 Å². The fraction of sp³-hybridized carbons (Fsp3) is 0.667. The van der Waals surface area contributed by atoms with Gasteiger partial charge in [0.2, 0.25) is 0 Å². The van der Waals surface area contributed by atoms with Gasteiger partial charge in [0.25, 0.3) is 0 Å². The molecule has 0 unspecified atom stereocenters. The molecule has 1 aromatic carbocycles. The first-order valence-electron chi connectivity index (χ1n) is 10.3. The second-order valence-corrected chi connectivity index (χ2v) is 14.3. The van der Waals surface area contributed by atoms with E-state index in [4.69, 9.17) is 9.16 Å². The SMILES string of the molecule is CC(C)(C)[Si](C)(C)OC1CCN(C(=O)OCc2cc(C(F)(F)F)cc(C(F)(F)F)c2)CC1. The highest BCUT2D eigenvalue weighted by atomic mass is 28.4. The first-order chi connectivity index (χ1) is 14.4. The third-order valence-electron chi connectivity index (χ3n) is 5.98. The monoisotopic (exact) mass is 485 g/mol. The summed E-state index contributed by atoms with van der Waals surface area (Å²) in [6, 6.07) is 1.15. The molecule has 1 aliphatic heterocycles. The summed E-state index contributed by atoms with van der Waals surface area (Å²) in [5.74, 6) is 0. The zero-order valence-corrected chi connectivity index (χ0v) is 19.8. The van der Waals surface area contributed by atoms with Crippen LogP contribution in [0.3, 0.4) is 0 Å². The van der Waals surface area contributed by atoms with Crippen LogP contribution in [0.25, 0.3) is 0 Å². The maximum atomic E-state index is 13.0. The molecule has 1 saturated heterocycles. The van der Waals surface area contributed by atoms with Crippen molar-refractivity contribution in [2.45, 2.75) is 76.8 Å². The Kier molecular flexibility index (Phi) is 7.65. The molecule has 2 rings (SSSR count). The van der Waals surface area contributed by atoms with Gasteiger partial charge in [-0.15, -0.1) is 0 Å².